The van der Waals surface area contributed by atoms with Gasteiger partial charge in [0.05, 0.1) is 24.0 Å². The minimum Gasteiger partial charge on any atom is -0.492 e. The number of carboxylic acids is 1. The Bertz CT molecular complexity index is 736. The molecule has 4 nitrogen and oxygen atoms in total. The van der Waals surface area contributed by atoms with Crippen LogP contribution in [0.3, 0.4) is 0 Å². The lowest BCUT2D eigenvalue weighted by atomic mass is 9.88. The number of ketones is 1. The molecule has 118 valence electrons. The Labute approximate surface area is 134 Å². The van der Waals surface area contributed by atoms with E-state index in [0.29, 0.717) is 29.9 Å². The number of carbonyl (C=O) groups excluding carboxylic acids is 1. The molecular formula is C19H18O4. The molecule has 1 aliphatic heterocycles. The first-order valence-corrected chi connectivity index (χ1v) is 7.64. The predicted molar refractivity (Wildman–Crippen MR) is 86.0 cm³/mol. The summed E-state index contributed by atoms with van der Waals surface area (Å²) < 4.78 is 5.74. The Balaban J connectivity index is 1.82. The summed E-state index contributed by atoms with van der Waals surface area (Å²) >= 11 is 0. The number of Topliss-reactive ketones (excluding diaryl/α,β-unsaturated/α-hetero) is 1. The zero-order valence-corrected chi connectivity index (χ0v) is 12.9. The van der Waals surface area contributed by atoms with Crippen molar-refractivity contribution in [2.75, 3.05) is 6.61 Å². The van der Waals surface area contributed by atoms with Crippen molar-refractivity contribution in [1.82, 2.24) is 0 Å². The molecule has 0 aliphatic carbocycles. The molecular weight excluding hydrogens is 292 g/mol. The van der Waals surface area contributed by atoms with Gasteiger partial charge in [-0.25, -0.2) is 0 Å². The van der Waals surface area contributed by atoms with Crippen LogP contribution in [0.15, 0.2) is 48.5 Å². The van der Waals surface area contributed by atoms with Crippen LogP contribution >= 0.6 is 0 Å². The fraction of sp³-hybridized carbons (Fsp3) is 0.263. The lowest BCUT2D eigenvalue weighted by Crippen LogP contribution is -2.29. The Morgan fingerprint density at radius 3 is 2.70 bits per heavy atom. The average Bonchev–Trinajstić information content (AvgIpc) is 2.57. The first-order valence-electron chi connectivity index (χ1n) is 7.64. The van der Waals surface area contributed by atoms with Gasteiger partial charge in [0.25, 0.3) is 0 Å². The van der Waals surface area contributed by atoms with Crippen LogP contribution in [0.1, 0.15) is 34.3 Å². The molecule has 3 rings (SSSR count). The molecule has 2 unspecified atom stereocenters. The molecule has 0 amide bonds. The minimum absolute atomic E-state index is 0.0598. The molecule has 4 heteroatoms. The second kappa shape index (κ2) is 6.24. The highest BCUT2D eigenvalue weighted by Gasteiger charge is 2.29. The Kier molecular flexibility index (Phi) is 4.15. The van der Waals surface area contributed by atoms with Crippen LogP contribution in [0, 0.1) is 5.92 Å². The molecule has 1 N–H and O–H groups in total. The predicted octanol–water partition coefficient (Wildman–Crippen LogP) is 3.31. The number of carboxylic acid groups (broad SMARTS) is 1. The number of ether oxygens (including phenoxy) is 1. The number of carbonyl (C=O) groups is 2. The van der Waals surface area contributed by atoms with Gasteiger partial charge in [-0.3, -0.25) is 9.59 Å². The number of hydrogen-bond acceptors (Lipinski definition) is 3. The van der Waals surface area contributed by atoms with E-state index in [4.69, 9.17) is 9.84 Å². The quantitative estimate of drug-likeness (QED) is 0.941. The summed E-state index contributed by atoms with van der Waals surface area (Å²) in [4.78, 5) is 23.7. The van der Waals surface area contributed by atoms with Crippen LogP contribution in [-0.2, 0) is 11.2 Å². The van der Waals surface area contributed by atoms with Gasteiger partial charge in [0.1, 0.15) is 5.75 Å². The van der Waals surface area contributed by atoms with Gasteiger partial charge in [0.2, 0.25) is 0 Å². The lowest BCUT2D eigenvalue weighted by molar-refractivity contribution is -0.138. The van der Waals surface area contributed by atoms with Gasteiger partial charge in [-0.15, -0.1) is 0 Å². The molecule has 0 radical (unpaired) electrons. The summed E-state index contributed by atoms with van der Waals surface area (Å²) in [6.45, 7) is 1.94. The monoisotopic (exact) mass is 310 g/mol. The maximum Gasteiger partial charge on any atom is 0.310 e. The van der Waals surface area contributed by atoms with Gasteiger partial charge in [-0.2, -0.15) is 0 Å². The van der Waals surface area contributed by atoms with Crippen LogP contribution in [0.25, 0.3) is 0 Å². The van der Waals surface area contributed by atoms with Crippen LogP contribution < -0.4 is 4.74 Å². The largest absolute Gasteiger partial charge is 0.492 e. The molecule has 0 bridgehead atoms. The van der Waals surface area contributed by atoms with Gasteiger partial charge in [-0.05, 0) is 36.6 Å². The third-order valence-electron chi connectivity index (χ3n) is 4.28. The second-order valence-corrected chi connectivity index (χ2v) is 5.88. The van der Waals surface area contributed by atoms with Crippen molar-refractivity contribution < 1.29 is 19.4 Å². The Morgan fingerprint density at radius 2 is 2.00 bits per heavy atom. The summed E-state index contributed by atoms with van der Waals surface area (Å²) in [5, 5.41) is 9.09. The fourth-order valence-electron chi connectivity index (χ4n) is 2.81. The van der Waals surface area contributed by atoms with E-state index in [1.165, 1.54) is 0 Å². The molecule has 1 heterocycles. The van der Waals surface area contributed by atoms with Gasteiger partial charge in [-0.1, -0.05) is 36.4 Å². The van der Waals surface area contributed by atoms with Gasteiger partial charge >= 0.3 is 5.97 Å². The number of rotatable bonds is 4. The lowest BCUT2D eigenvalue weighted by Gasteiger charge is -2.25. The highest BCUT2D eigenvalue weighted by molar-refractivity contribution is 6.01. The summed E-state index contributed by atoms with van der Waals surface area (Å²) in [6.07, 6.45) is 0.645. The summed E-state index contributed by atoms with van der Waals surface area (Å²) in [7, 11) is 0. The van der Waals surface area contributed by atoms with Crippen LogP contribution in [0.4, 0.5) is 0 Å². The van der Waals surface area contributed by atoms with Crippen molar-refractivity contribution in [2.24, 2.45) is 5.92 Å². The molecule has 0 fully saturated rings. The van der Waals surface area contributed by atoms with E-state index in [9.17, 15) is 9.59 Å². The fourth-order valence-corrected chi connectivity index (χ4v) is 2.81. The smallest absolute Gasteiger partial charge is 0.310 e. The van der Waals surface area contributed by atoms with Gasteiger partial charge in [0.15, 0.2) is 5.78 Å². The Hall–Kier alpha value is -2.62. The topological polar surface area (TPSA) is 63.6 Å². The molecule has 0 aromatic heterocycles. The van der Waals surface area contributed by atoms with E-state index < -0.39 is 11.9 Å². The van der Waals surface area contributed by atoms with E-state index in [2.05, 4.69) is 0 Å². The number of benzene rings is 2. The van der Waals surface area contributed by atoms with E-state index in [1.807, 2.05) is 30.3 Å². The van der Waals surface area contributed by atoms with Crippen molar-refractivity contribution in [3.63, 3.8) is 0 Å². The van der Waals surface area contributed by atoms with Gasteiger partial charge < -0.3 is 9.84 Å². The van der Waals surface area contributed by atoms with E-state index in [0.717, 1.165) is 5.56 Å². The number of hydrogen-bond donors (Lipinski definition) is 1. The highest BCUT2D eigenvalue weighted by Crippen LogP contribution is 2.32. The molecule has 2 atom stereocenters. The van der Waals surface area contributed by atoms with Crippen molar-refractivity contribution in [2.45, 2.75) is 19.3 Å². The molecule has 2 aromatic carbocycles. The molecule has 0 saturated heterocycles. The number of aliphatic carboxylic acids is 1. The van der Waals surface area contributed by atoms with Gasteiger partial charge in [0, 0.05) is 0 Å². The van der Waals surface area contributed by atoms with Crippen molar-refractivity contribution in [3.8, 4) is 5.75 Å². The third kappa shape index (κ3) is 3.11. The standard InChI is InChI=1S/C19H18O4/c1-12(19(21)22)14-7-8-16-17(10-14)23-11-15(18(16)20)9-13-5-3-2-4-6-13/h2-8,10,12,15H,9,11H2,1H3,(H,21,22). The molecule has 0 saturated carbocycles. The van der Waals surface area contributed by atoms with E-state index in [1.54, 1.807) is 25.1 Å². The van der Waals surface area contributed by atoms with Crippen molar-refractivity contribution in [3.05, 3.63) is 65.2 Å². The van der Waals surface area contributed by atoms with Crippen LogP contribution in [0.2, 0.25) is 0 Å². The average molecular weight is 310 g/mol. The van der Waals surface area contributed by atoms with Crippen LogP contribution in [-0.4, -0.2) is 23.5 Å². The second-order valence-electron chi connectivity index (χ2n) is 5.88. The summed E-state index contributed by atoms with van der Waals surface area (Å²) in [5.74, 6) is -1.17. The van der Waals surface area contributed by atoms with Crippen molar-refractivity contribution in [1.29, 1.82) is 0 Å². The molecule has 0 spiro atoms. The van der Waals surface area contributed by atoms with E-state index >= 15 is 0 Å². The van der Waals surface area contributed by atoms with E-state index in [-0.39, 0.29) is 11.7 Å². The third-order valence-corrected chi connectivity index (χ3v) is 4.28. The Morgan fingerprint density at radius 1 is 1.26 bits per heavy atom. The molecule has 2 aromatic rings. The first-order chi connectivity index (χ1) is 11.1. The normalized spacial score (nSPS) is 18.0. The summed E-state index contributed by atoms with van der Waals surface area (Å²) in [6, 6.07) is 14.9. The number of fused-ring (bicyclic) bond motifs is 1. The summed E-state index contributed by atoms with van der Waals surface area (Å²) in [5.41, 5.74) is 2.29. The highest BCUT2D eigenvalue weighted by atomic mass is 16.5. The van der Waals surface area contributed by atoms with Crippen LogP contribution in [0.5, 0.6) is 5.75 Å². The molecule has 23 heavy (non-hydrogen) atoms. The SMILES string of the molecule is CC(C(=O)O)c1ccc2c(c1)OCC(Cc1ccccc1)C2=O. The maximum absolute atomic E-state index is 12.6. The zero-order valence-electron chi connectivity index (χ0n) is 12.9. The first kappa shape index (κ1) is 15.3. The maximum atomic E-state index is 12.6. The minimum atomic E-state index is -0.894. The zero-order chi connectivity index (χ0) is 16.4. The molecule has 1 aliphatic rings. The van der Waals surface area contributed by atoms with Crippen molar-refractivity contribution >= 4 is 11.8 Å².